The average molecular weight is 174 g/mol. The molecule has 0 bridgehead atoms. The normalized spacial score (nSPS) is 26.8. The third kappa shape index (κ3) is 2.00. The van der Waals surface area contributed by atoms with E-state index in [-0.39, 0.29) is 5.41 Å². The Morgan fingerprint density at radius 1 is 1.38 bits per heavy atom. The fourth-order valence-electron chi connectivity index (χ4n) is 1.36. The van der Waals surface area contributed by atoms with Crippen molar-refractivity contribution in [3.63, 3.8) is 0 Å². The molecule has 0 fully saturated rings. The molecule has 0 heteroatoms. The molecule has 0 spiro atoms. The van der Waals surface area contributed by atoms with Gasteiger partial charge in [-0.05, 0) is 25.8 Å². The van der Waals surface area contributed by atoms with E-state index in [1.807, 2.05) is 6.92 Å². The van der Waals surface area contributed by atoms with Crippen LogP contribution in [-0.4, -0.2) is 0 Å². The van der Waals surface area contributed by atoms with E-state index >= 15 is 0 Å². The van der Waals surface area contributed by atoms with Gasteiger partial charge in [-0.25, -0.2) is 0 Å². The topological polar surface area (TPSA) is 0 Å². The molecule has 1 aliphatic carbocycles. The highest BCUT2D eigenvalue weighted by molar-refractivity contribution is 5.41. The summed E-state index contributed by atoms with van der Waals surface area (Å²) in [6, 6.07) is 0. The Balaban J connectivity index is 2.85. The second kappa shape index (κ2) is 3.37. The minimum Gasteiger partial charge on any atom is -0.0993 e. The molecule has 1 aliphatic rings. The lowest BCUT2D eigenvalue weighted by atomic mass is 9.76. The molecule has 1 rings (SSSR count). The molecule has 70 valence electrons. The number of allylic oxidation sites excluding steroid dienone is 6. The Hall–Kier alpha value is -1.04. The molecule has 0 N–H and O–H groups in total. The van der Waals surface area contributed by atoms with E-state index in [0.29, 0.717) is 0 Å². The monoisotopic (exact) mass is 174 g/mol. The highest BCUT2D eigenvalue weighted by atomic mass is 14.3. The van der Waals surface area contributed by atoms with E-state index in [0.717, 1.165) is 12.0 Å². The maximum Gasteiger partial charge on any atom is 0.00950 e. The Morgan fingerprint density at radius 3 is 2.31 bits per heavy atom. The third-order valence-electron chi connectivity index (χ3n) is 2.84. The zero-order valence-electron chi connectivity index (χ0n) is 8.85. The second-order valence-electron chi connectivity index (χ2n) is 4.18. The quantitative estimate of drug-likeness (QED) is 0.554. The molecule has 0 saturated heterocycles. The predicted molar refractivity (Wildman–Crippen MR) is 59.6 cm³/mol. The summed E-state index contributed by atoms with van der Waals surface area (Å²) in [5.74, 6) is 0. The minimum atomic E-state index is 0.152. The van der Waals surface area contributed by atoms with Crippen LogP contribution in [-0.2, 0) is 0 Å². The molecule has 1 atom stereocenters. The van der Waals surface area contributed by atoms with Gasteiger partial charge in [0.15, 0.2) is 0 Å². The minimum absolute atomic E-state index is 0.152. The zero-order chi connectivity index (χ0) is 10.1. The first-order valence-corrected chi connectivity index (χ1v) is 4.67. The van der Waals surface area contributed by atoms with Crippen LogP contribution in [0.15, 0.2) is 48.1 Å². The van der Waals surface area contributed by atoms with Crippen LogP contribution in [0.5, 0.6) is 0 Å². The van der Waals surface area contributed by atoms with Crippen molar-refractivity contribution in [2.75, 3.05) is 0 Å². The van der Waals surface area contributed by atoms with E-state index in [4.69, 9.17) is 0 Å². The number of hydrogen-bond acceptors (Lipinski definition) is 0. The molecule has 1 unspecified atom stereocenters. The van der Waals surface area contributed by atoms with E-state index in [1.165, 1.54) is 11.1 Å². The fourth-order valence-corrected chi connectivity index (χ4v) is 1.36. The highest BCUT2D eigenvalue weighted by Gasteiger charge is 2.22. The summed E-state index contributed by atoms with van der Waals surface area (Å²) in [6.07, 6.45) is 7.68. The van der Waals surface area contributed by atoms with E-state index in [1.54, 1.807) is 0 Å². The molecule has 0 aliphatic heterocycles. The summed E-state index contributed by atoms with van der Waals surface area (Å²) in [6.45, 7) is 14.3. The van der Waals surface area contributed by atoms with E-state index < -0.39 is 0 Å². The van der Waals surface area contributed by atoms with Crippen LogP contribution < -0.4 is 0 Å². The summed E-state index contributed by atoms with van der Waals surface area (Å²) in [5, 5.41) is 0. The van der Waals surface area contributed by atoms with Gasteiger partial charge in [-0.3, -0.25) is 0 Å². The smallest absolute Gasteiger partial charge is 0.00950 e. The van der Waals surface area contributed by atoms with Crippen molar-refractivity contribution in [2.24, 2.45) is 5.41 Å². The van der Waals surface area contributed by atoms with Crippen LogP contribution in [0.3, 0.4) is 0 Å². The third-order valence-corrected chi connectivity index (χ3v) is 2.84. The van der Waals surface area contributed by atoms with Crippen LogP contribution >= 0.6 is 0 Å². The number of hydrogen-bond donors (Lipinski definition) is 0. The Bertz CT molecular complexity index is 302. The Morgan fingerprint density at radius 2 is 2.00 bits per heavy atom. The largest absolute Gasteiger partial charge is 0.0993 e. The summed E-state index contributed by atoms with van der Waals surface area (Å²) >= 11 is 0. The average Bonchev–Trinajstić information content (AvgIpc) is 2.04. The number of rotatable bonds is 2. The van der Waals surface area contributed by atoms with E-state index in [2.05, 4.69) is 45.2 Å². The molecular weight excluding hydrogens is 156 g/mol. The molecular formula is C13H18. The molecule has 0 amide bonds. The van der Waals surface area contributed by atoms with Crippen LogP contribution in [0.2, 0.25) is 0 Å². The van der Waals surface area contributed by atoms with Gasteiger partial charge in [0.05, 0.1) is 0 Å². The van der Waals surface area contributed by atoms with Crippen molar-refractivity contribution in [2.45, 2.75) is 27.2 Å². The van der Waals surface area contributed by atoms with Gasteiger partial charge in [0.2, 0.25) is 0 Å². The van der Waals surface area contributed by atoms with Crippen LogP contribution in [0.25, 0.3) is 0 Å². The van der Waals surface area contributed by atoms with Gasteiger partial charge in [0, 0.05) is 5.41 Å². The molecule has 0 radical (unpaired) electrons. The van der Waals surface area contributed by atoms with E-state index in [9.17, 15) is 0 Å². The Labute approximate surface area is 81.4 Å². The molecule has 0 nitrogen and oxygen atoms in total. The highest BCUT2D eigenvalue weighted by Crippen LogP contribution is 2.36. The van der Waals surface area contributed by atoms with Gasteiger partial charge in [0.1, 0.15) is 0 Å². The molecule has 0 saturated carbocycles. The molecule has 13 heavy (non-hydrogen) atoms. The summed E-state index contributed by atoms with van der Waals surface area (Å²) in [7, 11) is 0. The van der Waals surface area contributed by atoms with Crippen LogP contribution in [0.1, 0.15) is 27.2 Å². The molecule has 0 aromatic rings. The lowest BCUT2D eigenvalue weighted by Crippen LogP contribution is -2.15. The van der Waals surface area contributed by atoms with Gasteiger partial charge in [-0.2, -0.15) is 0 Å². The zero-order valence-corrected chi connectivity index (χ0v) is 8.85. The van der Waals surface area contributed by atoms with Crippen molar-refractivity contribution >= 4 is 0 Å². The van der Waals surface area contributed by atoms with Gasteiger partial charge >= 0.3 is 0 Å². The predicted octanol–water partition coefficient (Wildman–Crippen LogP) is 4.03. The first-order chi connectivity index (χ1) is 5.96. The molecule has 0 heterocycles. The fraction of sp³-hybridized carbons (Fsp3) is 0.385. The van der Waals surface area contributed by atoms with Crippen molar-refractivity contribution < 1.29 is 0 Å². The van der Waals surface area contributed by atoms with Crippen LogP contribution in [0.4, 0.5) is 0 Å². The standard InChI is InChI=1S/C13H18/c1-10(2)12-6-8-13(5,9-7-12)11(3)4/h6-8H,1,3,9H2,2,4-5H3. The van der Waals surface area contributed by atoms with Crippen molar-refractivity contribution in [1.29, 1.82) is 0 Å². The van der Waals surface area contributed by atoms with Crippen LogP contribution in [0, 0.1) is 5.41 Å². The maximum atomic E-state index is 4.02. The Kier molecular flexibility index (Phi) is 2.60. The SMILES string of the molecule is C=C(C)C1=CCC(C)(C(=C)C)C=C1. The van der Waals surface area contributed by atoms with Crippen molar-refractivity contribution in [3.8, 4) is 0 Å². The van der Waals surface area contributed by atoms with Crippen molar-refractivity contribution in [3.05, 3.63) is 48.1 Å². The summed E-state index contributed by atoms with van der Waals surface area (Å²) in [4.78, 5) is 0. The second-order valence-corrected chi connectivity index (χ2v) is 4.18. The molecule has 0 aromatic carbocycles. The van der Waals surface area contributed by atoms with Gasteiger partial charge < -0.3 is 0 Å². The van der Waals surface area contributed by atoms with Crippen molar-refractivity contribution in [1.82, 2.24) is 0 Å². The van der Waals surface area contributed by atoms with Gasteiger partial charge in [-0.1, -0.05) is 49.5 Å². The van der Waals surface area contributed by atoms with Gasteiger partial charge in [0.25, 0.3) is 0 Å². The molecule has 0 aromatic heterocycles. The maximum absolute atomic E-state index is 4.02. The first kappa shape index (κ1) is 10.0. The summed E-state index contributed by atoms with van der Waals surface area (Å²) < 4.78 is 0. The summed E-state index contributed by atoms with van der Waals surface area (Å²) in [5.41, 5.74) is 3.78. The lowest BCUT2D eigenvalue weighted by molar-refractivity contribution is 0.517. The lowest BCUT2D eigenvalue weighted by Gasteiger charge is -2.28. The first-order valence-electron chi connectivity index (χ1n) is 4.67. The van der Waals surface area contributed by atoms with Gasteiger partial charge in [-0.15, -0.1) is 0 Å².